The van der Waals surface area contributed by atoms with E-state index >= 15 is 0 Å². The van der Waals surface area contributed by atoms with Crippen LogP contribution in [0.2, 0.25) is 0 Å². The molecule has 2 rings (SSSR count). The van der Waals surface area contributed by atoms with E-state index in [-0.39, 0.29) is 16.2 Å². The molecule has 116 valence electrons. The number of rotatable bonds is 4. The van der Waals surface area contributed by atoms with Crippen LogP contribution in [0.15, 0.2) is 21.5 Å². The number of primary sulfonamides is 1. The van der Waals surface area contributed by atoms with Gasteiger partial charge in [-0.2, -0.15) is 0 Å². The third-order valence-electron chi connectivity index (χ3n) is 4.13. The second-order valence-electron chi connectivity index (χ2n) is 5.97. The Morgan fingerprint density at radius 2 is 2.05 bits per heavy atom. The molecular weight excluding hydrogens is 356 g/mol. The summed E-state index contributed by atoms with van der Waals surface area (Å²) in [6.45, 7) is 4.50. The van der Waals surface area contributed by atoms with Crippen LogP contribution in [0.5, 0.6) is 0 Å². The molecule has 1 amide bonds. The number of hydrogen-bond donors (Lipinski definition) is 2. The van der Waals surface area contributed by atoms with Crippen molar-refractivity contribution in [2.24, 2.45) is 10.6 Å². The van der Waals surface area contributed by atoms with Gasteiger partial charge >= 0.3 is 0 Å². The number of carbonyl (C=O) groups is 1. The fourth-order valence-corrected chi connectivity index (χ4v) is 3.58. The quantitative estimate of drug-likeness (QED) is 0.847. The molecule has 0 spiro atoms. The summed E-state index contributed by atoms with van der Waals surface area (Å²) in [4.78, 5) is 12.2. The molecule has 0 aliphatic heterocycles. The maximum atomic E-state index is 12.3. The lowest BCUT2D eigenvalue weighted by Crippen LogP contribution is -2.40. The summed E-state index contributed by atoms with van der Waals surface area (Å²) in [6, 6.07) is 2.74. The molecule has 0 unspecified atom stereocenters. The van der Waals surface area contributed by atoms with E-state index in [0.717, 1.165) is 12.8 Å². The fraction of sp³-hybridized carbons (Fsp3) is 0.500. The second kappa shape index (κ2) is 5.70. The molecule has 0 saturated heterocycles. The number of halogens is 1. The molecule has 5 nitrogen and oxygen atoms in total. The number of nitrogens with one attached hydrogen (secondary N) is 1. The second-order valence-corrected chi connectivity index (χ2v) is 8.39. The molecule has 1 aliphatic carbocycles. The van der Waals surface area contributed by atoms with Crippen LogP contribution in [-0.2, 0) is 10.0 Å². The Balaban J connectivity index is 2.25. The topological polar surface area (TPSA) is 89.3 Å². The summed E-state index contributed by atoms with van der Waals surface area (Å²) >= 11 is 3.27. The van der Waals surface area contributed by atoms with E-state index in [9.17, 15) is 13.2 Å². The fourth-order valence-electron chi connectivity index (χ4n) is 2.40. The van der Waals surface area contributed by atoms with Gasteiger partial charge in [-0.15, -0.1) is 0 Å². The smallest absolute Gasteiger partial charge is 0.251 e. The number of hydrogen-bond acceptors (Lipinski definition) is 3. The van der Waals surface area contributed by atoms with Crippen LogP contribution in [0.1, 0.15) is 42.1 Å². The molecule has 7 heteroatoms. The molecule has 0 atom stereocenters. The Kier molecular flexibility index (Phi) is 4.46. The number of carbonyl (C=O) groups excluding carboxylic acids is 1. The normalized spacial score (nSPS) is 17.1. The highest BCUT2D eigenvalue weighted by Gasteiger charge is 2.32. The Morgan fingerprint density at radius 1 is 1.43 bits per heavy atom. The van der Waals surface area contributed by atoms with Crippen molar-refractivity contribution in [1.29, 1.82) is 0 Å². The van der Waals surface area contributed by atoms with Gasteiger partial charge in [0.1, 0.15) is 0 Å². The first-order valence-electron chi connectivity index (χ1n) is 6.74. The van der Waals surface area contributed by atoms with Crippen molar-refractivity contribution in [3.63, 3.8) is 0 Å². The van der Waals surface area contributed by atoms with Crippen molar-refractivity contribution in [3.05, 3.63) is 27.7 Å². The van der Waals surface area contributed by atoms with E-state index in [1.54, 1.807) is 6.92 Å². The van der Waals surface area contributed by atoms with Gasteiger partial charge in [0.15, 0.2) is 0 Å². The predicted octanol–water partition coefficient (Wildman–Crippen LogP) is 2.32. The van der Waals surface area contributed by atoms with Crippen molar-refractivity contribution in [2.75, 3.05) is 6.54 Å². The van der Waals surface area contributed by atoms with Crippen LogP contribution in [0.25, 0.3) is 0 Å². The van der Waals surface area contributed by atoms with Gasteiger partial charge in [0.2, 0.25) is 10.0 Å². The zero-order valence-electron chi connectivity index (χ0n) is 12.1. The zero-order valence-corrected chi connectivity index (χ0v) is 14.5. The SMILES string of the molecule is Cc1c(Br)cc(S(N)(=O)=O)cc1C(=O)NCC1(C)CCC1. The average Bonchev–Trinajstić information content (AvgIpc) is 2.35. The Hall–Kier alpha value is -0.920. The molecule has 0 heterocycles. The molecule has 1 aromatic rings. The van der Waals surface area contributed by atoms with Crippen molar-refractivity contribution < 1.29 is 13.2 Å². The maximum absolute atomic E-state index is 12.3. The third-order valence-corrected chi connectivity index (χ3v) is 5.84. The van der Waals surface area contributed by atoms with Crippen LogP contribution < -0.4 is 10.5 Å². The maximum Gasteiger partial charge on any atom is 0.251 e. The molecule has 3 N–H and O–H groups in total. The third kappa shape index (κ3) is 3.64. The van der Waals surface area contributed by atoms with Crippen molar-refractivity contribution in [2.45, 2.75) is 38.0 Å². The number of amides is 1. The first-order chi connectivity index (χ1) is 9.62. The first kappa shape index (κ1) is 16.5. The number of sulfonamides is 1. The zero-order chi connectivity index (χ0) is 15.8. The Labute approximate surface area is 133 Å². The van der Waals surface area contributed by atoms with Gasteiger partial charge in [-0.3, -0.25) is 4.79 Å². The van der Waals surface area contributed by atoms with E-state index < -0.39 is 10.0 Å². The molecule has 1 aliphatic rings. The lowest BCUT2D eigenvalue weighted by molar-refractivity contribution is 0.0890. The first-order valence-corrected chi connectivity index (χ1v) is 9.07. The predicted molar refractivity (Wildman–Crippen MR) is 84.5 cm³/mol. The van der Waals surface area contributed by atoms with Gasteiger partial charge in [-0.25, -0.2) is 13.6 Å². The molecule has 21 heavy (non-hydrogen) atoms. The van der Waals surface area contributed by atoms with Crippen LogP contribution in [0, 0.1) is 12.3 Å². The van der Waals surface area contributed by atoms with Crippen LogP contribution in [0.4, 0.5) is 0 Å². The molecular formula is C14H19BrN2O3S. The summed E-state index contributed by atoms with van der Waals surface area (Å²) in [6.07, 6.45) is 3.40. The van der Waals surface area contributed by atoms with Crippen LogP contribution in [-0.4, -0.2) is 20.9 Å². The highest BCUT2D eigenvalue weighted by atomic mass is 79.9. The monoisotopic (exact) mass is 374 g/mol. The lowest BCUT2D eigenvalue weighted by Gasteiger charge is -2.38. The van der Waals surface area contributed by atoms with Crippen LogP contribution in [0.3, 0.4) is 0 Å². The van der Waals surface area contributed by atoms with Crippen LogP contribution >= 0.6 is 15.9 Å². The highest BCUT2D eigenvalue weighted by molar-refractivity contribution is 9.10. The summed E-state index contributed by atoms with van der Waals surface area (Å²) in [5, 5.41) is 8.03. The molecule has 0 radical (unpaired) electrons. The van der Waals surface area contributed by atoms with E-state index in [2.05, 4.69) is 28.2 Å². The van der Waals surface area contributed by atoms with E-state index in [4.69, 9.17) is 5.14 Å². The number of nitrogens with two attached hydrogens (primary N) is 1. The lowest BCUT2D eigenvalue weighted by atomic mass is 9.70. The van der Waals surface area contributed by atoms with Crippen molar-refractivity contribution >= 4 is 31.9 Å². The van der Waals surface area contributed by atoms with Crippen molar-refractivity contribution in [1.82, 2.24) is 5.32 Å². The summed E-state index contributed by atoms with van der Waals surface area (Å²) in [5.41, 5.74) is 1.19. The highest BCUT2D eigenvalue weighted by Crippen LogP contribution is 2.39. The molecule has 1 saturated carbocycles. The van der Waals surface area contributed by atoms with Crippen molar-refractivity contribution in [3.8, 4) is 0 Å². The summed E-state index contributed by atoms with van der Waals surface area (Å²) in [7, 11) is -3.84. The Bertz CT molecular complexity index is 682. The molecule has 0 bridgehead atoms. The minimum atomic E-state index is -3.84. The molecule has 0 aromatic heterocycles. The van der Waals surface area contributed by atoms with E-state index in [1.165, 1.54) is 18.6 Å². The minimum Gasteiger partial charge on any atom is -0.351 e. The Morgan fingerprint density at radius 3 is 2.52 bits per heavy atom. The summed E-state index contributed by atoms with van der Waals surface area (Å²) in [5.74, 6) is -0.271. The minimum absolute atomic E-state index is 0.0695. The van der Waals surface area contributed by atoms with Gasteiger partial charge in [0.05, 0.1) is 4.90 Å². The van der Waals surface area contributed by atoms with Gasteiger partial charge in [-0.1, -0.05) is 29.3 Å². The summed E-state index contributed by atoms with van der Waals surface area (Å²) < 4.78 is 23.5. The average molecular weight is 375 g/mol. The molecule has 1 fully saturated rings. The van der Waals surface area contributed by atoms with Gasteiger partial charge in [0.25, 0.3) is 5.91 Å². The van der Waals surface area contributed by atoms with E-state index in [0.29, 0.717) is 22.1 Å². The largest absolute Gasteiger partial charge is 0.351 e. The number of benzene rings is 1. The van der Waals surface area contributed by atoms with Gasteiger partial charge < -0.3 is 5.32 Å². The van der Waals surface area contributed by atoms with E-state index in [1.807, 2.05) is 0 Å². The van der Waals surface area contributed by atoms with Gasteiger partial charge in [-0.05, 0) is 42.9 Å². The standard InChI is InChI=1S/C14H19BrN2O3S/c1-9-11(6-10(7-12(9)15)21(16,19)20)13(18)17-8-14(2)4-3-5-14/h6-7H,3-5,8H2,1-2H3,(H,17,18)(H2,16,19,20). The molecule has 1 aromatic carbocycles. The van der Waals surface area contributed by atoms with Gasteiger partial charge in [0, 0.05) is 16.6 Å².